The van der Waals surface area contributed by atoms with Crippen LogP contribution in [0.2, 0.25) is 0 Å². The summed E-state index contributed by atoms with van der Waals surface area (Å²) < 4.78 is 19.8. The van der Waals surface area contributed by atoms with Gasteiger partial charge in [0.15, 0.2) is 28.9 Å². The lowest BCUT2D eigenvalue weighted by molar-refractivity contribution is 0.0824. The number of hydrogen-bond acceptors (Lipinski definition) is 9. The zero-order chi connectivity index (χ0) is 24.6. The number of aryl methyl sites for hydroxylation is 1. The van der Waals surface area contributed by atoms with Gasteiger partial charge in [0, 0.05) is 14.1 Å². The maximum Gasteiger partial charge on any atom is 0.257 e. The molecule has 34 heavy (non-hydrogen) atoms. The Morgan fingerprint density at radius 2 is 1.82 bits per heavy atom. The van der Waals surface area contributed by atoms with E-state index in [9.17, 15) is 9.90 Å². The van der Waals surface area contributed by atoms with Crippen LogP contribution in [0.5, 0.6) is 17.2 Å². The van der Waals surface area contributed by atoms with E-state index >= 15 is 0 Å². The molecular weight excluding hydrogens is 454 g/mol. The average molecular weight is 484 g/mol. The fourth-order valence-corrected chi connectivity index (χ4v) is 4.28. The number of amides is 1. The molecule has 0 bridgehead atoms. The molecule has 1 aliphatic rings. The van der Waals surface area contributed by atoms with E-state index in [1.807, 2.05) is 18.2 Å². The van der Waals surface area contributed by atoms with E-state index in [-0.39, 0.29) is 35.5 Å². The van der Waals surface area contributed by atoms with E-state index in [1.54, 1.807) is 33.2 Å². The maximum absolute atomic E-state index is 12.6. The van der Waals surface area contributed by atoms with Crippen molar-refractivity contribution in [2.45, 2.75) is 33.7 Å². The minimum Gasteiger partial charge on any atom is -0.505 e. The number of aromatic hydroxyl groups is 1. The number of nitrogens with one attached hydrogen (secondary N) is 2. The number of fused-ring (bicyclic) bond motifs is 1. The number of phenolic OH excluding ortho intramolecular Hbond substituents is 1. The molecule has 3 aromatic rings. The number of nitrogens with zero attached hydrogens (tertiary/aromatic N) is 3. The SMILES string of the molecule is Cc1ccc(Nc2nsnc2N[C@@H](c2ccc3c(c2)OCO3)C(C)(C)C)c(O)c1C(=O)N(C)C. The fourth-order valence-electron chi connectivity index (χ4n) is 3.81. The quantitative estimate of drug-likeness (QED) is 0.424. The molecule has 1 aliphatic heterocycles. The first-order chi connectivity index (χ1) is 16.1. The second kappa shape index (κ2) is 9.02. The highest BCUT2D eigenvalue weighted by Crippen LogP contribution is 2.42. The van der Waals surface area contributed by atoms with Crippen LogP contribution >= 0.6 is 11.7 Å². The molecule has 0 unspecified atom stereocenters. The van der Waals surface area contributed by atoms with Crippen molar-refractivity contribution in [2.75, 3.05) is 31.5 Å². The Morgan fingerprint density at radius 1 is 1.12 bits per heavy atom. The smallest absolute Gasteiger partial charge is 0.257 e. The minimum absolute atomic E-state index is 0.121. The number of carbonyl (C=O) groups excluding carboxylic acids is 1. The highest BCUT2D eigenvalue weighted by molar-refractivity contribution is 6.99. The van der Waals surface area contributed by atoms with Crippen molar-refractivity contribution < 1.29 is 19.4 Å². The van der Waals surface area contributed by atoms with E-state index in [0.29, 0.717) is 28.6 Å². The van der Waals surface area contributed by atoms with E-state index in [2.05, 4.69) is 40.2 Å². The van der Waals surface area contributed by atoms with Gasteiger partial charge in [0.2, 0.25) is 6.79 Å². The zero-order valence-electron chi connectivity index (χ0n) is 20.1. The van der Waals surface area contributed by atoms with Gasteiger partial charge in [-0.15, -0.1) is 0 Å². The molecule has 0 radical (unpaired) electrons. The Kier molecular flexibility index (Phi) is 6.26. The Hall–Kier alpha value is -3.53. The number of aromatic nitrogens is 2. The van der Waals surface area contributed by atoms with Gasteiger partial charge in [0.25, 0.3) is 5.91 Å². The predicted octanol–water partition coefficient (Wildman–Crippen LogP) is 4.93. The number of ether oxygens (including phenoxy) is 2. The lowest BCUT2D eigenvalue weighted by atomic mass is 9.82. The van der Waals surface area contributed by atoms with Gasteiger partial charge < -0.3 is 30.1 Å². The van der Waals surface area contributed by atoms with Crippen molar-refractivity contribution in [3.8, 4) is 17.2 Å². The highest BCUT2D eigenvalue weighted by atomic mass is 32.1. The molecule has 0 aliphatic carbocycles. The minimum atomic E-state index is -0.274. The number of benzene rings is 2. The van der Waals surface area contributed by atoms with Crippen LogP contribution in [0.3, 0.4) is 0 Å². The molecule has 3 N–H and O–H groups in total. The zero-order valence-corrected chi connectivity index (χ0v) is 20.9. The van der Waals surface area contributed by atoms with Crippen LogP contribution in [0.25, 0.3) is 0 Å². The van der Waals surface area contributed by atoms with Crippen molar-refractivity contribution in [3.05, 3.63) is 47.0 Å². The molecule has 1 atom stereocenters. The third-order valence-corrected chi connectivity index (χ3v) is 6.15. The molecule has 180 valence electrons. The summed E-state index contributed by atoms with van der Waals surface area (Å²) in [6, 6.07) is 9.28. The van der Waals surface area contributed by atoms with Crippen molar-refractivity contribution in [1.29, 1.82) is 0 Å². The lowest BCUT2D eigenvalue weighted by Gasteiger charge is -2.32. The molecule has 1 amide bonds. The topological polar surface area (TPSA) is 109 Å². The molecule has 9 nitrogen and oxygen atoms in total. The molecule has 10 heteroatoms. The molecule has 0 saturated heterocycles. The van der Waals surface area contributed by atoms with E-state index < -0.39 is 0 Å². The van der Waals surface area contributed by atoms with E-state index in [0.717, 1.165) is 23.0 Å². The molecule has 0 fully saturated rings. The van der Waals surface area contributed by atoms with Crippen LogP contribution in [0, 0.1) is 12.3 Å². The van der Waals surface area contributed by atoms with Gasteiger partial charge in [0.05, 0.1) is 29.0 Å². The molecule has 4 rings (SSSR count). The van der Waals surface area contributed by atoms with Crippen molar-refractivity contribution in [1.82, 2.24) is 13.6 Å². The van der Waals surface area contributed by atoms with Crippen molar-refractivity contribution in [2.24, 2.45) is 5.41 Å². The van der Waals surface area contributed by atoms with Gasteiger partial charge >= 0.3 is 0 Å². The van der Waals surface area contributed by atoms with Gasteiger partial charge in [-0.05, 0) is 41.7 Å². The first-order valence-electron chi connectivity index (χ1n) is 10.9. The van der Waals surface area contributed by atoms with Crippen molar-refractivity contribution >= 4 is 35.0 Å². The van der Waals surface area contributed by atoms with Gasteiger partial charge in [0.1, 0.15) is 0 Å². The predicted molar refractivity (Wildman–Crippen MR) is 132 cm³/mol. The van der Waals surface area contributed by atoms with E-state index in [1.165, 1.54) is 4.90 Å². The number of carbonyl (C=O) groups is 1. The van der Waals surface area contributed by atoms with E-state index in [4.69, 9.17) is 9.47 Å². The van der Waals surface area contributed by atoms with Gasteiger partial charge in [-0.3, -0.25) is 4.79 Å². The highest BCUT2D eigenvalue weighted by Gasteiger charge is 2.30. The number of rotatable bonds is 6. The summed E-state index contributed by atoms with van der Waals surface area (Å²) in [5.41, 5.74) is 2.16. The summed E-state index contributed by atoms with van der Waals surface area (Å²) in [6.45, 7) is 8.40. The third-order valence-electron chi connectivity index (χ3n) is 5.62. The third kappa shape index (κ3) is 4.58. The first-order valence-corrected chi connectivity index (χ1v) is 11.6. The normalized spacial score (nSPS) is 13.5. The summed E-state index contributed by atoms with van der Waals surface area (Å²) in [5.74, 6) is 2.05. The number of hydrogen-bond donors (Lipinski definition) is 3. The standard InChI is InChI=1S/C24H29N5O4S/c1-13-7-9-15(19(30)18(13)23(31)29(5)6)25-21-22(28-34-27-21)26-20(24(2,3)4)14-8-10-16-17(11-14)33-12-32-16/h7-11,20,30H,12H2,1-6H3,(H,25,27)(H,26,28)/t20-/m0/s1. The van der Waals surface area contributed by atoms with Gasteiger partial charge in [-0.1, -0.05) is 32.9 Å². The van der Waals surface area contributed by atoms with Crippen LogP contribution in [0.4, 0.5) is 17.3 Å². The summed E-state index contributed by atoms with van der Waals surface area (Å²) >= 11 is 1.05. The molecule has 2 heterocycles. The Labute approximate surface area is 203 Å². The Balaban J connectivity index is 1.64. The Morgan fingerprint density at radius 3 is 2.53 bits per heavy atom. The Bertz CT molecular complexity index is 1220. The summed E-state index contributed by atoms with van der Waals surface area (Å²) in [7, 11) is 3.30. The first kappa shape index (κ1) is 23.6. The molecule has 0 spiro atoms. The fraction of sp³-hybridized carbons (Fsp3) is 0.375. The number of phenols is 1. The van der Waals surface area contributed by atoms with Crippen LogP contribution in [0.15, 0.2) is 30.3 Å². The van der Waals surface area contributed by atoms with Crippen LogP contribution in [-0.4, -0.2) is 45.5 Å². The van der Waals surface area contributed by atoms with Crippen LogP contribution < -0.4 is 20.1 Å². The summed E-state index contributed by atoms with van der Waals surface area (Å²) in [6.07, 6.45) is 0. The summed E-state index contributed by atoms with van der Waals surface area (Å²) in [5, 5.41) is 17.5. The molecule has 1 aromatic heterocycles. The molecule has 0 saturated carbocycles. The van der Waals surface area contributed by atoms with Gasteiger partial charge in [-0.25, -0.2) is 0 Å². The lowest BCUT2D eigenvalue weighted by Crippen LogP contribution is -2.26. The van der Waals surface area contributed by atoms with Crippen LogP contribution in [-0.2, 0) is 0 Å². The van der Waals surface area contributed by atoms with Crippen LogP contribution in [0.1, 0.15) is 48.3 Å². The monoisotopic (exact) mass is 483 g/mol. The second-order valence-electron chi connectivity index (χ2n) is 9.50. The number of anilines is 3. The average Bonchev–Trinajstić information content (AvgIpc) is 3.41. The molecular formula is C24H29N5O4S. The molecule has 2 aromatic carbocycles. The maximum atomic E-state index is 12.6. The second-order valence-corrected chi connectivity index (χ2v) is 10.0. The summed E-state index contributed by atoms with van der Waals surface area (Å²) in [4.78, 5) is 14.0. The largest absolute Gasteiger partial charge is 0.505 e. The van der Waals surface area contributed by atoms with Crippen molar-refractivity contribution in [3.63, 3.8) is 0 Å². The van der Waals surface area contributed by atoms with Gasteiger partial charge in [-0.2, -0.15) is 8.75 Å².